The Morgan fingerprint density at radius 3 is 2.68 bits per heavy atom. The molecule has 2 heterocycles. The summed E-state index contributed by atoms with van der Waals surface area (Å²) in [4.78, 5) is 14.6. The minimum absolute atomic E-state index is 0.102. The van der Waals surface area contributed by atoms with Crippen LogP contribution in [0.2, 0.25) is 0 Å². The lowest BCUT2D eigenvalue weighted by atomic mass is 9.93. The molecule has 9 nitrogen and oxygen atoms in total. The van der Waals surface area contributed by atoms with Gasteiger partial charge in [0.05, 0.1) is 44.6 Å². The Labute approximate surface area is 180 Å². The Hall–Kier alpha value is -3.33. The molecule has 0 radical (unpaired) electrons. The van der Waals surface area contributed by atoms with E-state index in [1.54, 1.807) is 43.3 Å². The lowest BCUT2D eigenvalue weighted by molar-refractivity contribution is -0.895. The molecular weight excluding hydrogens is 398 g/mol. The van der Waals surface area contributed by atoms with E-state index in [0.717, 1.165) is 41.3 Å². The van der Waals surface area contributed by atoms with E-state index in [2.05, 4.69) is 10.4 Å². The second kappa shape index (κ2) is 8.43. The molecule has 31 heavy (non-hydrogen) atoms. The first kappa shape index (κ1) is 20.9. The second-order valence-electron chi connectivity index (χ2n) is 8.11. The van der Waals surface area contributed by atoms with Gasteiger partial charge in [-0.1, -0.05) is 0 Å². The zero-order valence-corrected chi connectivity index (χ0v) is 17.9. The Morgan fingerprint density at radius 1 is 1.26 bits per heavy atom. The third kappa shape index (κ3) is 4.13. The number of methoxy groups -OCH3 is 1. The van der Waals surface area contributed by atoms with Crippen LogP contribution in [-0.2, 0) is 0 Å². The maximum absolute atomic E-state index is 12.9. The predicted octanol–water partition coefficient (Wildman–Crippen LogP) is 2.36. The van der Waals surface area contributed by atoms with E-state index in [0.29, 0.717) is 17.3 Å². The number of anilines is 2. The van der Waals surface area contributed by atoms with Crippen molar-refractivity contribution in [1.82, 2.24) is 9.78 Å². The van der Waals surface area contributed by atoms with Gasteiger partial charge in [0.15, 0.2) is 0 Å². The molecule has 1 fully saturated rings. The Morgan fingerprint density at radius 2 is 2.00 bits per heavy atom. The van der Waals surface area contributed by atoms with E-state index in [9.17, 15) is 15.1 Å². The van der Waals surface area contributed by atoms with Crippen molar-refractivity contribution >= 4 is 28.3 Å². The number of carbonyl (C=O) groups excluding carboxylic acids is 1. The summed E-state index contributed by atoms with van der Waals surface area (Å²) in [7, 11) is 5.10. The van der Waals surface area contributed by atoms with Crippen LogP contribution in [0.5, 0.6) is 5.75 Å². The summed E-state index contributed by atoms with van der Waals surface area (Å²) in [6.45, 7) is 0. The molecule has 164 valence electrons. The summed E-state index contributed by atoms with van der Waals surface area (Å²) in [5.74, 6) is 0.505. The monoisotopic (exact) mass is 426 g/mol. The molecule has 0 saturated heterocycles. The van der Waals surface area contributed by atoms with Gasteiger partial charge >= 0.3 is 5.82 Å². The number of carbonyl (C=O) groups is 1. The molecule has 1 aromatic carbocycles. The van der Waals surface area contributed by atoms with Crippen molar-refractivity contribution in [3.05, 3.63) is 42.2 Å². The van der Waals surface area contributed by atoms with Crippen molar-refractivity contribution in [3.8, 4) is 5.75 Å². The zero-order chi connectivity index (χ0) is 22.1. The summed E-state index contributed by atoms with van der Waals surface area (Å²) in [6.07, 6.45) is 5.06. The summed E-state index contributed by atoms with van der Waals surface area (Å²) < 4.78 is 8.28. The van der Waals surface area contributed by atoms with Gasteiger partial charge in [-0.2, -0.15) is 5.10 Å². The summed E-state index contributed by atoms with van der Waals surface area (Å²) in [6, 6.07) is 8.84. The molecule has 1 amide bonds. The highest BCUT2D eigenvalue weighted by Gasteiger charge is 2.24. The smallest absolute Gasteiger partial charge is 0.316 e. The molecular formula is C22H28N5O4+. The summed E-state index contributed by atoms with van der Waals surface area (Å²) in [5.41, 5.74) is 1.37. The molecule has 1 aliphatic rings. The number of aliphatic hydroxyl groups excluding tert-OH is 1. The normalized spacial score (nSPS) is 18.7. The molecule has 0 unspecified atom stereocenters. The quantitative estimate of drug-likeness (QED) is 0.428. The maximum atomic E-state index is 12.9. The average Bonchev–Trinajstić information content (AvgIpc) is 3.16. The van der Waals surface area contributed by atoms with Crippen LogP contribution in [0.15, 0.2) is 36.5 Å². The van der Waals surface area contributed by atoms with Crippen molar-refractivity contribution in [3.63, 3.8) is 0 Å². The van der Waals surface area contributed by atoms with Gasteiger partial charge in [-0.05, 0) is 48.6 Å². The topological polar surface area (TPSA) is 104 Å². The van der Waals surface area contributed by atoms with E-state index in [1.807, 2.05) is 16.9 Å². The van der Waals surface area contributed by atoms with E-state index < -0.39 is 5.91 Å². The fraction of sp³-hybridized carbons (Fsp3) is 0.409. The molecule has 0 atom stereocenters. The predicted molar refractivity (Wildman–Crippen MR) is 116 cm³/mol. The number of aliphatic hydroxyl groups is 1. The Balaban J connectivity index is 1.63. The van der Waals surface area contributed by atoms with Gasteiger partial charge in [-0.15, -0.1) is 0 Å². The first-order valence-corrected chi connectivity index (χ1v) is 10.4. The second-order valence-corrected chi connectivity index (χ2v) is 8.11. The number of hydrogen-bond donors (Lipinski definition) is 3. The largest absolute Gasteiger partial charge is 0.494 e. The first-order chi connectivity index (χ1) is 14.9. The van der Waals surface area contributed by atoms with E-state index >= 15 is 0 Å². The summed E-state index contributed by atoms with van der Waals surface area (Å²) in [5, 5.41) is 28.6. The highest BCUT2D eigenvalue weighted by Crippen LogP contribution is 2.33. The van der Waals surface area contributed by atoms with Crippen molar-refractivity contribution < 1.29 is 24.6 Å². The molecule has 1 saturated carbocycles. The van der Waals surface area contributed by atoms with Crippen LogP contribution in [0.4, 0.5) is 11.5 Å². The van der Waals surface area contributed by atoms with Crippen LogP contribution in [0, 0.1) is 0 Å². The summed E-state index contributed by atoms with van der Waals surface area (Å²) >= 11 is 0. The van der Waals surface area contributed by atoms with Crippen molar-refractivity contribution in [1.29, 1.82) is 0 Å². The first-order valence-electron chi connectivity index (χ1n) is 10.4. The van der Waals surface area contributed by atoms with E-state index in [4.69, 9.17) is 4.74 Å². The lowest BCUT2D eigenvalue weighted by Crippen LogP contribution is -2.44. The highest BCUT2D eigenvalue weighted by atomic mass is 16.5. The maximum Gasteiger partial charge on any atom is 0.316 e. The van der Waals surface area contributed by atoms with Crippen molar-refractivity contribution in [2.45, 2.75) is 37.8 Å². The number of ether oxygens (including phenoxy) is 1. The SMILES string of the molecule is COc1cc2nn(C3CCC(O)CC3)cc2cc1NC(=O)c1cccc(N(C)C)[n+]1O. The van der Waals surface area contributed by atoms with Gasteiger partial charge in [-0.25, -0.2) is 0 Å². The highest BCUT2D eigenvalue weighted by molar-refractivity contribution is 6.04. The molecule has 2 aromatic heterocycles. The number of rotatable bonds is 5. The van der Waals surface area contributed by atoms with Gasteiger partial charge < -0.3 is 20.4 Å². The number of hydrogen-bond acceptors (Lipinski definition) is 6. The van der Waals surface area contributed by atoms with Gasteiger partial charge in [-0.3, -0.25) is 14.4 Å². The van der Waals surface area contributed by atoms with Crippen LogP contribution in [0.25, 0.3) is 10.9 Å². The number of amides is 1. The van der Waals surface area contributed by atoms with E-state index in [1.165, 1.54) is 7.11 Å². The fourth-order valence-electron chi connectivity index (χ4n) is 4.03. The van der Waals surface area contributed by atoms with Crippen LogP contribution < -0.4 is 19.7 Å². The molecule has 3 N–H and O–H groups in total. The fourth-order valence-corrected chi connectivity index (χ4v) is 4.03. The third-order valence-electron chi connectivity index (χ3n) is 5.77. The third-order valence-corrected chi connectivity index (χ3v) is 5.77. The van der Waals surface area contributed by atoms with Crippen molar-refractivity contribution in [2.24, 2.45) is 0 Å². The van der Waals surface area contributed by atoms with Gasteiger partial charge in [0.2, 0.25) is 5.69 Å². The molecule has 0 aliphatic heterocycles. The van der Waals surface area contributed by atoms with Crippen LogP contribution in [0.3, 0.4) is 0 Å². The number of pyridine rings is 1. The molecule has 0 spiro atoms. The van der Waals surface area contributed by atoms with Gasteiger partial charge in [0.25, 0.3) is 5.91 Å². The Bertz CT molecular complexity index is 1100. The van der Waals surface area contributed by atoms with Crippen LogP contribution >= 0.6 is 0 Å². The number of benzene rings is 1. The van der Waals surface area contributed by atoms with Gasteiger partial charge in [0.1, 0.15) is 5.75 Å². The van der Waals surface area contributed by atoms with E-state index in [-0.39, 0.29) is 17.8 Å². The van der Waals surface area contributed by atoms with Gasteiger partial charge in [0, 0.05) is 23.7 Å². The molecule has 3 aromatic rings. The van der Waals surface area contributed by atoms with Crippen LogP contribution in [-0.4, -0.2) is 53.3 Å². The molecule has 1 aliphatic carbocycles. The minimum atomic E-state index is -0.461. The van der Waals surface area contributed by atoms with Crippen molar-refractivity contribution in [2.75, 3.05) is 31.4 Å². The van der Waals surface area contributed by atoms with Crippen LogP contribution in [0.1, 0.15) is 42.2 Å². The average molecular weight is 426 g/mol. The number of nitrogens with one attached hydrogen (secondary N) is 1. The number of aromatic nitrogens is 3. The Kier molecular flexibility index (Phi) is 5.69. The zero-order valence-electron chi connectivity index (χ0n) is 17.9. The number of nitrogens with zero attached hydrogens (tertiary/aromatic N) is 4. The molecule has 0 bridgehead atoms. The minimum Gasteiger partial charge on any atom is -0.494 e. The lowest BCUT2D eigenvalue weighted by Gasteiger charge is -2.25. The molecule has 9 heteroatoms. The number of fused-ring (bicyclic) bond motifs is 1. The standard InChI is InChI=1S/C22H27N5O4/c1-25(2)21-6-4-5-19(27(21)30)22(29)23-18-11-14-13-26(15-7-9-16(28)10-8-15)24-17(14)12-20(18)31-3/h4-6,11-13,15-16,28H,7-10H2,1-3H3,(H-,23,29,30)/p+1. The molecule has 4 rings (SSSR count).